The van der Waals surface area contributed by atoms with Crippen LogP contribution in [0.15, 0.2) is 12.1 Å². The van der Waals surface area contributed by atoms with Crippen LogP contribution in [0, 0.1) is 10.5 Å². The molecule has 0 aliphatic heterocycles. The normalized spacial score (nSPS) is 12.0. The van der Waals surface area contributed by atoms with E-state index in [-0.39, 0.29) is 12.5 Å². The van der Waals surface area contributed by atoms with Gasteiger partial charge in [0, 0.05) is 0 Å². The molecule has 0 aromatic heterocycles. The van der Waals surface area contributed by atoms with Gasteiger partial charge in [0.15, 0.2) is 0 Å². The second-order valence-electron chi connectivity index (χ2n) is 9.26. The Morgan fingerprint density at radius 3 is 1.88 bits per heavy atom. The monoisotopic (exact) mass is 565 g/mol. The Bertz CT molecular complexity index is 812. The first-order valence-electron chi connectivity index (χ1n) is 10.2. The van der Waals surface area contributed by atoms with Crippen LogP contribution >= 0.6 is 20.2 Å². The van der Waals surface area contributed by atoms with Gasteiger partial charge in [0.2, 0.25) is 0 Å². The number of ether oxygens (including phenoxy) is 3. The molecule has 0 aliphatic rings. The van der Waals surface area contributed by atoms with Gasteiger partial charge in [0.1, 0.15) is 0 Å². The Morgan fingerprint density at radius 1 is 0.969 bits per heavy atom. The second kappa shape index (κ2) is 11.2. The van der Waals surface area contributed by atoms with Crippen LogP contribution < -0.4 is 4.74 Å². The number of hydrogen-bond acceptors (Lipinski definition) is 7. The molecule has 0 fully saturated rings. The molecule has 182 valence electrons. The minimum absolute atomic E-state index is 0.0348. The number of methoxy groups -OCH3 is 1. The number of benzene rings is 1. The quantitative estimate of drug-likeness (QED) is 0.332. The van der Waals surface area contributed by atoms with Crippen molar-refractivity contribution >= 4 is 38.4 Å². The summed E-state index contributed by atoms with van der Waals surface area (Å²) in [4.78, 5) is 39.9. The van der Waals surface area contributed by atoms with Gasteiger partial charge in [0.05, 0.1) is 0 Å². The van der Waals surface area contributed by atoms with Crippen molar-refractivity contribution in [3.8, 4) is 5.75 Å². The first-order valence-corrected chi connectivity index (χ1v) is 14.4. The van der Waals surface area contributed by atoms with Crippen LogP contribution in [0.25, 0.3) is 0 Å². The van der Waals surface area contributed by atoms with Crippen molar-refractivity contribution in [2.24, 2.45) is 0 Å². The Labute approximate surface area is 198 Å². The van der Waals surface area contributed by atoms with E-state index in [4.69, 9.17) is 17.3 Å². The molecule has 9 heteroatoms. The molecule has 0 radical (unpaired) electrons. The summed E-state index contributed by atoms with van der Waals surface area (Å²) < 4.78 is 22.7. The van der Waals surface area contributed by atoms with E-state index in [1.807, 2.05) is 24.0 Å². The molecule has 0 N–H and O–H groups in total. The van der Waals surface area contributed by atoms with Crippen LogP contribution in [-0.4, -0.2) is 52.8 Å². The van der Waals surface area contributed by atoms with Gasteiger partial charge >= 0.3 is 199 Å². The predicted molar refractivity (Wildman–Crippen MR) is 131 cm³/mol. The van der Waals surface area contributed by atoms with Crippen molar-refractivity contribution in [2.45, 2.75) is 73.0 Å². The van der Waals surface area contributed by atoms with E-state index in [9.17, 15) is 14.4 Å². The van der Waals surface area contributed by atoms with Crippen molar-refractivity contribution in [1.82, 2.24) is 4.90 Å². The van der Waals surface area contributed by atoms with E-state index >= 15 is 0 Å². The standard InChI is InChI=1S/C23H36INO7/c1-15-13-18(24(9)32-16(2)26)17(14-19(15)29-10)11-12-25(20(27)30-22(3,4)5)21(28)31-23(6,7)8/h13-14H,11-12H2,1-10H3. The zero-order valence-electron chi connectivity index (χ0n) is 20.8. The van der Waals surface area contributed by atoms with Gasteiger partial charge in [-0.3, -0.25) is 0 Å². The molecule has 0 saturated carbocycles. The number of imide groups is 1. The third kappa shape index (κ3) is 9.22. The number of halogens is 1. The molecule has 1 aromatic rings. The average Bonchev–Trinajstić information content (AvgIpc) is 2.58. The SMILES string of the molecule is COc1cc(CCN(C(=O)OC(C)(C)C)C(=O)OC(C)(C)C)c(I(C)OC(C)=O)cc1C. The first-order chi connectivity index (χ1) is 14.5. The van der Waals surface area contributed by atoms with Crippen LogP contribution in [0.1, 0.15) is 59.6 Å². The van der Waals surface area contributed by atoms with E-state index in [1.165, 1.54) is 6.92 Å². The van der Waals surface area contributed by atoms with Gasteiger partial charge in [-0.25, -0.2) is 0 Å². The molecule has 0 unspecified atom stereocenters. The topological polar surface area (TPSA) is 91.4 Å². The summed E-state index contributed by atoms with van der Waals surface area (Å²) in [6.45, 7) is 13.7. The molecule has 0 saturated heterocycles. The molecule has 0 heterocycles. The van der Waals surface area contributed by atoms with Gasteiger partial charge in [0.25, 0.3) is 0 Å². The Balaban J connectivity index is 3.27. The number of aryl methyl sites for hydroxylation is 1. The molecule has 0 bridgehead atoms. The predicted octanol–water partition coefficient (Wildman–Crippen LogP) is 5.50. The Hall–Kier alpha value is -2.04. The van der Waals surface area contributed by atoms with Crippen LogP contribution in [0.4, 0.5) is 9.59 Å². The molecule has 2 amide bonds. The molecular formula is C23H36INO7. The van der Waals surface area contributed by atoms with Crippen molar-refractivity contribution < 1.29 is 31.7 Å². The van der Waals surface area contributed by atoms with Crippen LogP contribution in [0.2, 0.25) is 0 Å². The summed E-state index contributed by atoms with van der Waals surface area (Å²) in [5, 5.41) is 0. The van der Waals surface area contributed by atoms with Crippen molar-refractivity contribution in [3.05, 3.63) is 26.8 Å². The number of amides is 2. The maximum atomic E-state index is 12.8. The molecule has 1 rings (SSSR count). The third-order valence-electron chi connectivity index (χ3n) is 3.91. The van der Waals surface area contributed by atoms with E-state index in [2.05, 4.69) is 0 Å². The zero-order chi connectivity index (χ0) is 24.9. The Kier molecular flexibility index (Phi) is 9.80. The summed E-state index contributed by atoms with van der Waals surface area (Å²) >= 11 is -2.25. The third-order valence-corrected chi connectivity index (χ3v) is 7.83. The number of hydrogen-bond donors (Lipinski definition) is 0. The Morgan fingerprint density at radius 2 is 1.47 bits per heavy atom. The number of rotatable bonds is 6. The van der Waals surface area contributed by atoms with Gasteiger partial charge in [-0.15, -0.1) is 0 Å². The van der Waals surface area contributed by atoms with E-state index in [1.54, 1.807) is 48.7 Å². The summed E-state index contributed by atoms with van der Waals surface area (Å²) in [5.74, 6) is 0.346. The fourth-order valence-corrected chi connectivity index (χ4v) is 6.16. The number of carbonyl (C=O) groups excluding carboxylic acids is 3. The molecular weight excluding hydrogens is 529 g/mol. The van der Waals surface area contributed by atoms with Crippen LogP contribution in [0.5, 0.6) is 5.75 Å². The van der Waals surface area contributed by atoms with E-state index < -0.39 is 43.6 Å². The molecule has 0 spiro atoms. The van der Waals surface area contributed by atoms with Gasteiger partial charge in [-0.2, -0.15) is 0 Å². The van der Waals surface area contributed by atoms with Crippen molar-refractivity contribution in [3.63, 3.8) is 0 Å². The van der Waals surface area contributed by atoms with Crippen LogP contribution in [0.3, 0.4) is 0 Å². The summed E-state index contributed by atoms with van der Waals surface area (Å²) in [6.07, 6.45) is -1.23. The van der Waals surface area contributed by atoms with Gasteiger partial charge in [-0.1, -0.05) is 0 Å². The average molecular weight is 565 g/mol. The van der Waals surface area contributed by atoms with Crippen molar-refractivity contribution in [2.75, 3.05) is 18.6 Å². The summed E-state index contributed by atoms with van der Waals surface area (Å²) in [6, 6.07) is 3.82. The fraction of sp³-hybridized carbons (Fsp3) is 0.609. The van der Waals surface area contributed by atoms with Gasteiger partial charge < -0.3 is 0 Å². The molecule has 1 aromatic carbocycles. The number of alkyl halides is 1. The van der Waals surface area contributed by atoms with Crippen LogP contribution in [-0.2, 0) is 23.8 Å². The summed E-state index contributed by atoms with van der Waals surface area (Å²) in [7, 11) is 1.58. The molecule has 8 nitrogen and oxygen atoms in total. The van der Waals surface area contributed by atoms with E-state index in [0.717, 1.165) is 19.6 Å². The summed E-state index contributed by atoms with van der Waals surface area (Å²) in [5.41, 5.74) is 0.220. The second-order valence-corrected chi connectivity index (χ2v) is 13.3. The zero-order valence-corrected chi connectivity index (χ0v) is 22.9. The van der Waals surface area contributed by atoms with E-state index in [0.29, 0.717) is 12.2 Å². The number of nitrogens with zero attached hydrogens (tertiary/aromatic N) is 1. The molecule has 32 heavy (non-hydrogen) atoms. The minimum atomic E-state index is -2.25. The number of carbonyl (C=O) groups is 3. The van der Waals surface area contributed by atoms with Crippen molar-refractivity contribution in [1.29, 1.82) is 0 Å². The molecule has 0 atom stereocenters. The fourth-order valence-electron chi connectivity index (χ4n) is 2.68. The van der Waals surface area contributed by atoms with Gasteiger partial charge in [-0.05, 0) is 0 Å². The molecule has 0 aliphatic carbocycles. The maximum absolute atomic E-state index is 12.8. The first kappa shape index (κ1) is 28.0.